The van der Waals surface area contributed by atoms with E-state index >= 15 is 0 Å². The Morgan fingerprint density at radius 2 is 1.89 bits per heavy atom. The van der Waals surface area contributed by atoms with Gasteiger partial charge < -0.3 is 5.32 Å². The molecule has 1 saturated carbocycles. The third-order valence-electron chi connectivity index (χ3n) is 4.39. The monoisotopic (exact) mass is 256 g/mol. The fourth-order valence-corrected chi connectivity index (χ4v) is 3.22. The molecule has 1 aromatic carbocycles. The van der Waals surface area contributed by atoms with E-state index in [1.165, 1.54) is 19.3 Å². The molecule has 1 aliphatic rings. The molecular formula is C17H24N2. The van der Waals surface area contributed by atoms with Crippen LogP contribution in [0.4, 0.5) is 5.69 Å². The maximum atomic E-state index is 8.83. The zero-order chi connectivity index (χ0) is 13.8. The third-order valence-corrected chi connectivity index (χ3v) is 4.39. The lowest BCUT2D eigenvalue weighted by atomic mass is 9.74. The standard InChI is InChI=1S/C17H24N2/c1-12(2)16-9-4-13(3)10-17(16)19-15-7-5-14(11-18)6-8-15/h5-8,12-13,16-17,19H,4,9-10H2,1-3H3. The van der Waals surface area contributed by atoms with Crippen LogP contribution in [0, 0.1) is 29.1 Å². The zero-order valence-corrected chi connectivity index (χ0v) is 12.2. The summed E-state index contributed by atoms with van der Waals surface area (Å²) < 4.78 is 0. The summed E-state index contributed by atoms with van der Waals surface area (Å²) in [5.41, 5.74) is 1.87. The fraction of sp³-hybridized carbons (Fsp3) is 0.588. The van der Waals surface area contributed by atoms with Crippen molar-refractivity contribution in [3.8, 4) is 6.07 Å². The lowest BCUT2D eigenvalue weighted by Gasteiger charge is -2.38. The molecule has 3 unspecified atom stereocenters. The summed E-state index contributed by atoms with van der Waals surface area (Å²) in [5.74, 6) is 2.29. The highest BCUT2D eigenvalue weighted by Crippen LogP contribution is 2.35. The van der Waals surface area contributed by atoms with Crippen molar-refractivity contribution in [3.63, 3.8) is 0 Å². The van der Waals surface area contributed by atoms with Gasteiger partial charge in [0.2, 0.25) is 0 Å². The Labute approximate surface area is 116 Å². The van der Waals surface area contributed by atoms with Crippen molar-refractivity contribution < 1.29 is 0 Å². The number of anilines is 1. The van der Waals surface area contributed by atoms with Crippen molar-refractivity contribution in [2.45, 2.75) is 46.1 Å². The normalized spacial score (nSPS) is 27.0. The molecule has 0 aromatic heterocycles. The van der Waals surface area contributed by atoms with Crippen LogP contribution < -0.4 is 5.32 Å². The van der Waals surface area contributed by atoms with Crippen LogP contribution in [-0.2, 0) is 0 Å². The molecule has 0 bridgehead atoms. The molecular weight excluding hydrogens is 232 g/mol. The van der Waals surface area contributed by atoms with Gasteiger partial charge in [-0.25, -0.2) is 0 Å². The summed E-state index contributed by atoms with van der Waals surface area (Å²) in [7, 11) is 0. The van der Waals surface area contributed by atoms with Crippen molar-refractivity contribution in [1.82, 2.24) is 0 Å². The number of nitrogens with one attached hydrogen (secondary N) is 1. The molecule has 2 rings (SSSR count). The van der Waals surface area contributed by atoms with Crippen LogP contribution in [0.5, 0.6) is 0 Å². The number of hydrogen-bond donors (Lipinski definition) is 1. The lowest BCUT2D eigenvalue weighted by Crippen LogP contribution is -2.37. The van der Waals surface area contributed by atoms with Gasteiger partial charge in [-0.2, -0.15) is 5.26 Å². The molecule has 0 aliphatic heterocycles. The summed E-state index contributed by atoms with van der Waals surface area (Å²) in [5, 5.41) is 12.5. The first-order valence-electron chi connectivity index (χ1n) is 7.37. The minimum atomic E-state index is 0.566. The van der Waals surface area contributed by atoms with Crippen molar-refractivity contribution in [2.75, 3.05) is 5.32 Å². The summed E-state index contributed by atoms with van der Waals surface area (Å²) in [6, 6.07) is 10.6. The Morgan fingerprint density at radius 1 is 1.21 bits per heavy atom. The minimum absolute atomic E-state index is 0.566. The van der Waals surface area contributed by atoms with Crippen molar-refractivity contribution in [2.24, 2.45) is 17.8 Å². The van der Waals surface area contributed by atoms with Gasteiger partial charge in [-0.05, 0) is 54.9 Å². The van der Waals surface area contributed by atoms with Crippen molar-refractivity contribution >= 4 is 5.69 Å². The maximum absolute atomic E-state index is 8.83. The second-order valence-corrected chi connectivity index (χ2v) is 6.27. The molecule has 1 aliphatic carbocycles. The average molecular weight is 256 g/mol. The first-order chi connectivity index (χ1) is 9.10. The SMILES string of the molecule is CC1CCC(C(C)C)C(Nc2ccc(C#N)cc2)C1. The largest absolute Gasteiger partial charge is 0.382 e. The van der Waals surface area contributed by atoms with E-state index < -0.39 is 0 Å². The number of rotatable bonds is 3. The van der Waals surface area contributed by atoms with Crippen molar-refractivity contribution in [1.29, 1.82) is 5.26 Å². The molecule has 1 fully saturated rings. The first-order valence-corrected chi connectivity index (χ1v) is 7.37. The van der Waals surface area contributed by atoms with E-state index in [1.54, 1.807) is 0 Å². The van der Waals surface area contributed by atoms with Crippen LogP contribution >= 0.6 is 0 Å². The fourth-order valence-electron chi connectivity index (χ4n) is 3.22. The molecule has 0 amide bonds. The quantitative estimate of drug-likeness (QED) is 0.868. The Morgan fingerprint density at radius 3 is 2.47 bits per heavy atom. The highest BCUT2D eigenvalue weighted by atomic mass is 14.9. The van der Waals surface area contributed by atoms with Gasteiger partial charge in [-0.1, -0.05) is 27.2 Å². The Balaban J connectivity index is 2.07. The van der Waals surface area contributed by atoms with E-state index in [0.717, 1.165) is 29.0 Å². The van der Waals surface area contributed by atoms with Crippen LogP contribution in [0.25, 0.3) is 0 Å². The van der Waals surface area contributed by atoms with Gasteiger partial charge in [0.15, 0.2) is 0 Å². The number of benzene rings is 1. The summed E-state index contributed by atoms with van der Waals surface area (Å²) >= 11 is 0. The second-order valence-electron chi connectivity index (χ2n) is 6.27. The Kier molecular flexibility index (Phi) is 4.47. The molecule has 0 heterocycles. The summed E-state index contributed by atoms with van der Waals surface area (Å²) in [6.45, 7) is 7.01. The molecule has 0 saturated heterocycles. The van der Waals surface area contributed by atoms with Crippen LogP contribution in [-0.4, -0.2) is 6.04 Å². The molecule has 1 N–H and O–H groups in total. The number of hydrogen-bond acceptors (Lipinski definition) is 2. The topological polar surface area (TPSA) is 35.8 Å². The molecule has 102 valence electrons. The van der Waals surface area contributed by atoms with E-state index in [0.29, 0.717) is 6.04 Å². The summed E-state index contributed by atoms with van der Waals surface area (Å²) in [4.78, 5) is 0. The van der Waals surface area contributed by atoms with E-state index in [9.17, 15) is 0 Å². The molecule has 0 radical (unpaired) electrons. The Hall–Kier alpha value is -1.49. The predicted octanol–water partition coefficient (Wildman–Crippen LogP) is 4.43. The second kappa shape index (κ2) is 6.10. The van der Waals surface area contributed by atoms with Crippen molar-refractivity contribution in [3.05, 3.63) is 29.8 Å². The molecule has 2 nitrogen and oxygen atoms in total. The number of nitriles is 1. The Bertz CT molecular complexity index is 441. The van der Waals surface area contributed by atoms with Gasteiger partial charge in [0.05, 0.1) is 11.6 Å². The van der Waals surface area contributed by atoms with Gasteiger partial charge >= 0.3 is 0 Å². The summed E-state index contributed by atoms with van der Waals surface area (Å²) in [6.07, 6.45) is 3.93. The first kappa shape index (κ1) is 13.9. The molecule has 0 spiro atoms. The number of nitrogens with zero attached hydrogens (tertiary/aromatic N) is 1. The minimum Gasteiger partial charge on any atom is -0.382 e. The third kappa shape index (κ3) is 3.50. The van der Waals surface area contributed by atoms with E-state index in [1.807, 2.05) is 24.3 Å². The maximum Gasteiger partial charge on any atom is 0.0991 e. The molecule has 3 atom stereocenters. The highest BCUT2D eigenvalue weighted by Gasteiger charge is 2.30. The van der Waals surface area contributed by atoms with Crippen LogP contribution in [0.1, 0.15) is 45.6 Å². The highest BCUT2D eigenvalue weighted by molar-refractivity contribution is 5.48. The van der Waals surface area contributed by atoms with Crippen LogP contribution in [0.15, 0.2) is 24.3 Å². The van der Waals surface area contributed by atoms with E-state index in [2.05, 4.69) is 32.2 Å². The predicted molar refractivity (Wildman–Crippen MR) is 79.9 cm³/mol. The van der Waals surface area contributed by atoms with Gasteiger partial charge in [0.25, 0.3) is 0 Å². The van der Waals surface area contributed by atoms with Gasteiger partial charge in [-0.3, -0.25) is 0 Å². The van der Waals surface area contributed by atoms with Crippen LogP contribution in [0.3, 0.4) is 0 Å². The zero-order valence-electron chi connectivity index (χ0n) is 12.2. The molecule has 19 heavy (non-hydrogen) atoms. The van der Waals surface area contributed by atoms with E-state index in [-0.39, 0.29) is 0 Å². The molecule has 1 aromatic rings. The van der Waals surface area contributed by atoms with Gasteiger partial charge in [-0.15, -0.1) is 0 Å². The smallest absolute Gasteiger partial charge is 0.0991 e. The molecule has 2 heteroatoms. The lowest BCUT2D eigenvalue weighted by molar-refractivity contribution is 0.212. The van der Waals surface area contributed by atoms with E-state index in [4.69, 9.17) is 5.26 Å². The van der Waals surface area contributed by atoms with Gasteiger partial charge in [0.1, 0.15) is 0 Å². The average Bonchev–Trinajstić information content (AvgIpc) is 2.39. The van der Waals surface area contributed by atoms with Gasteiger partial charge in [0, 0.05) is 11.7 Å². The van der Waals surface area contributed by atoms with Crippen LogP contribution in [0.2, 0.25) is 0 Å².